The highest BCUT2D eigenvalue weighted by Gasteiger charge is 2.16. The lowest BCUT2D eigenvalue weighted by Gasteiger charge is -2.12. The van der Waals surface area contributed by atoms with Gasteiger partial charge in [0.2, 0.25) is 0 Å². The van der Waals surface area contributed by atoms with Gasteiger partial charge in [-0.15, -0.1) is 12.4 Å². The van der Waals surface area contributed by atoms with Gasteiger partial charge in [0.15, 0.2) is 0 Å². The molecule has 3 nitrogen and oxygen atoms in total. The zero-order chi connectivity index (χ0) is 12.3. The summed E-state index contributed by atoms with van der Waals surface area (Å²) in [5, 5.41) is 6.19. The highest BCUT2D eigenvalue weighted by atomic mass is 35.5. The van der Waals surface area contributed by atoms with E-state index < -0.39 is 0 Å². The molecule has 1 aromatic rings. The Morgan fingerprint density at radius 1 is 1.56 bits per heavy atom. The van der Waals surface area contributed by atoms with Crippen molar-refractivity contribution < 1.29 is 9.18 Å². The molecule has 0 radical (unpaired) electrons. The lowest BCUT2D eigenvalue weighted by Crippen LogP contribution is -2.37. The van der Waals surface area contributed by atoms with Crippen LogP contribution >= 0.6 is 12.4 Å². The number of hydrogen-bond donors (Lipinski definition) is 2. The van der Waals surface area contributed by atoms with E-state index in [1.165, 1.54) is 18.2 Å². The van der Waals surface area contributed by atoms with Crippen molar-refractivity contribution in [1.82, 2.24) is 10.6 Å². The summed E-state index contributed by atoms with van der Waals surface area (Å²) in [6, 6.07) is 4.60. The van der Waals surface area contributed by atoms with Crippen LogP contribution in [0, 0.1) is 12.7 Å². The number of hydrogen-bond acceptors (Lipinski definition) is 2. The van der Waals surface area contributed by atoms with Crippen LogP contribution in [0.4, 0.5) is 4.39 Å². The van der Waals surface area contributed by atoms with E-state index in [4.69, 9.17) is 0 Å². The summed E-state index contributed by atoms with van der Waals surface area (Å²) >= 11 is 0. The Morgan fingerprint density at radius 3 is 2.94 bits per heavy atom. The second-order valence-corrected chi connectivity index (χ2v) is 4.46. The maximum atomic E-state index is 12.9. The molecule has 1 unspecified atom stereocenters. The summed E-state index contributed by atoms with van der Waals surface area (Å²) in [5.74, 6) is -0.437. The van der Waals surface area contributed by atoms with Gasteiger partial charge >= 0.3 is 0 Å². The van der Waals surface area contributed by atoms with Crippen molar-refractivity contribution in [3.05, 3.63) is 35.1 Å². The quantitative estimate of drug-likeness (QED) is 0.884. The fraction of sp³-hybridized carbons (Fsp3) is 0.462. The fourth-order valence-corrected chi connectivity index (χ4v) is 2.12. The molecule has 2 N–H and O–H groups in total. The third-order valence-corrected chi connectivity index (χ3v) is 3.10. The van der Waals surface area contributed by atoms with E-state index in [0.717, 1.165) is 19.4 Å². The van der Waals surface area contributed by atoms with Gasteiger partial charge in [0.1, 0.15) is 5.82 Å². The molecule has 2 rings (SSSR count). The van der Waals surface area contributed by atoms with E-state index in [1.54, 1.807) is 6.92 Å². The fourth-order valence-electron chi connectivity index (χ4n) is 2.12. The van der Waals surface area contributed by atoms with E-state index >= 15 is 0 Å². The molecule has 1 fully saturated rings. The van der Waals surface area contributed by atoms with E-state index in [1.807, 2.05) is 0 Å². The smallest absolute Gasteiger partial charge is 0.251 e. The zero-order valence-corrected chi connectivity index (χ0v) is 11.1. The van der Waals surface area contributed by atoms with Crippen molar-refractivity contribution >= 4 is 18.3 Å². The Kier molecular flexibility index (Phi) is 5.56. The second-order valence-electron chi connectivity index (χ2n) is 4.46. The number of carbonyl (C=O) groups is 1. The maximum Gasteiger partial charge on any atom is 0.251 e. The first kappa shape index (κ1) is 14.9. The monoisotopic (exact) mass is 272 g/mol. The molecule has 0 aliphatic carbocycles. The molecule has 1 aromatic carbocycles. The molecule has 1 aliphatic rings. The molecule has 1 atom stereocenters. The van der Waals surface area contributed by atoms with Gasteiger partial charge in [-0.3, -0.25) is 4.79 Å². The number of rotatable bonds is 3. The van der Waals surface area contributed by atoms with Gasteiger partial charge < -0.3 is 10.6 Å². The normalized spacial score (nSPS) is 18.2. The van der Waals surface area contributed by atoms with Crippen LogP contribution in [0.1, 0.15) is 28.8 Å². The SMILES string of the molecule is Cc1cc(F)ccc1C(=O)NCC1CCCN1.Cl. The predicted molar refractivity (Wildman–Crippen MR) is 71.7 cm³/mol. The van der Waals surface area contributed by atoms with E-state index in [0.29, 0.717) is 23.7 Å². The molecule has 1 saturated heterocycles. The topological polar surface area (TPSA) is 41.1 Å². The van der Waals surface area contributed by atoms with Gasteiger partial charge in [0.25, 0.3) is 5.91 Å². The number of amides is 1. The molecule has 1 amide bonds. The average molecular weight is 273 g/mol. The van der Waals surface area contributed by atoms with Crippen LogP contribution in [-0.2, 0) is 0 Å². The second kappa shape index (κ2) is 6.71. The largest absolute Gasteiger partial charge is 0.350 e. The van der Waals surface area contributed by atoms with Crippen LogP contribution in [0.25, 0.3) is 0 Å². The van der Waals surface area contributed by atoms with Crippen molar-refractivity contribution in [2.24, 2.45) is 0 Å². The van der Waals surface area contributed by atoms with Crippen LogP contribution in [-0.4, -0.2) is 25.0 Å². The molecule has 1 aliphatic heterocycles. The number of benzene rings is 1. The Hall–Kier alpha value is -1.13. The van der Waals surface area contributed by atoms with Crippen molar-refractivity contribution in [2.45, 2.75) is 25.8 Å². The molecule has 0 bridgehead atoms. The van der Waals surface area contributed by atoms with Crippen LogP contribution < -0.4 is 10.6 Å². The maximum absolute atomic E-state index is 12.9. The number of nitrogens with one attached hydrogen (secondary N) is 2. The Morgan fingerprint density at radius 2 is 2.33 bits per heavy atom. The standard InChI is InChI=1S/C13H17FN2O.ClH/c1-9-7-10(14)4-5-12(9)13(17)16-8-11-3-2-6-15-11;/h4-5,7,11,15H,2-3,6,8H2,1H3,(H,16,17);1H. The zero-order valence-electron chi connectivity index (χ0n) is 10.3. The molecule has 0 aromatic heterocycles. The van der Waals surface area contributed by atoms with Crippen LogP contribution in [0.15, 0.2) is 18.2 Å². The number of carbonyl (C=O) groups excluding carboxylic acids is 1. The molecule has 100 valence electrons. The van der Waals surface area contributed by atoms with Gasteiger partial charge in [-0.25, -0.2) is 4.39 Å². The summed E-state index contributed by atoms with van der Waals surface area (Å²) < 4.78 is 12.9. The van der Waals surface area contributed by atoms with E-state index in [-0.39, 0.29) is 24.1 Å². The lowest BCUT2D eigenvalue weighted by molar-refractivity contribution is 0.0949. The summed E-state index contributed by atoms with van der Waals surface area (Å²) in [5.41, 5.74) is 1.21. The molecule has 0 saturated carbocycles. The van der Waals surface area contributed by atoms with Gasteiger partial charge in [0, 0.05) is 18.2 Å². The van der Waals surface area contributed by atoms with Crippen molar-refractivity contribution in [3.63, 3.8) is 0 Å². The van der Waals surface area contributed by atoms with Crippen LogP contribution in [0.5, 0.6) is 0 Å². The van der Waals surface area contributed by atoms with Gasteiger partial charge in [-0.1, -0.05) is 0 Å². The summed E-state index contributed by atoms with van der Waals surface area (Å²) in [4.78, 5) is 11.9. The minimum Gasteiger partial charge on any atom is -0.350 e. The molecule has 18 heavy (non-hydrogen) atoms. The van der Waals surface area contributed by atoms with Gasteiger partial charge in [-0.05, 0) is 50.1 Å². The Balaban J connectivity index is 0.00000162. The summed E-state index contributed by atoms with van der Waals surface area (Å²) in [6.07, 6.45) is 2.26. The third kappa shape index (κ3) is 3.68. The first-order chi connectivity index (χ1) is 8.16. The molecular weight excluding hydrogens is 255 g/mol. The highest BCUT2D eigenvalue weighted by Crippen LogP contribution is 2.10. The summed E-state index contributed by atoms with van der Waals surface area (Å²) in [7, 11) is 0. The first-order valence-corrected chi connectivity index (χ1v) is 5.94. The molecule has 0 spiro atoms. The summed E-state index contributed by atoms with van der Waals surface area (Å²) in [6.45, 7) is 3.40. The van der Waals surface area contributed by atoms with E-state index in [2.05, 4.69) is 10.6 Å². The molecule has 5 heteroatoms. The minimum absolute atomic E-state index is 0. The van der Waals surface area contributed by atoms with Crippen molar-refractivity contribution in [2.75, 3.05) is 13.1 Å². The Labute approximate surface area is 113 Å². The van der Waals surface area contributed by atoms with Gasteiger partial charge in [-0.2, -0.15) is 0 Å². The Bertz CT molecular complexity index is 419. The van der Waals surface area contributed by atoms with E-state index in [9.17, 15) is 9.18 Å². The third-order valence-electron chi connectivity index (χ3n) is 3.10. The number of halogens is 2. The number of aryl methyl sites for hydroxylation is 1. The minimum atomic E-state index is -0.309. The molecule has 1 heterocycles. The average Bonchev–Trinajstić information content (AvgIpc) is 2.78. The van der Waals surface area contributed by atoms with Crippen molar-refractivity contribution in [1.29, 1.82) is 0 Å². The molecular formula is C13H18ClFN2O. The van der Waals surface area contributed by atoms with Crippen molar-refractivity contribution in [3.8, 4) is 0 Å². The van der Waals surface area contributed by atoms with Gasteiger partial charge in [0.05, 0.1) is 0 Å². The van der Waals surface area contributed by atoms with Crippen LogP contribution in [0.3, 0.4) is 0 Å². The first-order valence-electron chi connectivity index (χ1n) is 5.94. The highest BCUT2D eigenvalue weighted by molar-refractivity contribution is 5.95. The van der Waals surface area contributed by atoms with Crippen LogP contribution in [0.2, 0.25) is 0 Å². The predicted octanol–water partition coefficient (Wildman–Crippen LogP) is 2.04. The lowest BCUT2D eigenvalue weighted by atomic mass is 10.1.